The number of hydrogen-bond acceptors (Lipinski definition) is 12. The highest BCUT2D eigenvalue weighted by atomic mass is 31.2. The summed E-state index contributed by atoms with van der Waals surface area (Å²) in [6.07, 6.45) is 3.75. The van der Waals surface area contributed by atoms with Crippen molar-refractivity contribution in [1.82, 2.24) is 9.80 Å². The normalized spacial score (nSPS) is 18.9. The molecule has 3 unspecified atom stereocenters. The number of phenolic OH excluding ortho intramolecular Hbond substituents is 2. The number of rotatable bonds is 16. The second kappa shape index (κ2) is 16.2. The average Bonchev–Trinajstić information content (AvgIpc) is 2.95. The Bertz CT molecular complexity index is 1170. The van der Waals surface area contributed by atoms with Crippen molar-refractivity contribution in [2.75, 3.05) is 40.7 Å². The molecule has 0 radical (unpaired) electrons. The molecule has 0 spiro atoms. The van der Waals surface area contributed by atoms with Gasteiger partial charge in [-0.2, -0.15) is 4.89 Å². The highest BCUT2D eigenvalue weighted by molar-refractivity contribution is 7.53. The topological polar surface area (TPSA) is 153 Å². The predicted molar refractivity (Wildman–Crippen MR) is 152 cm³/mol. The summed E-state index contributed by atoms with van der Waals surface area (Å²) in [7, 11) is 0.0982. The van der Waals surface area contributed by atoms with Crippen LogP contribution in [-0.2, 0) is 52.7 Å². The lowest BCUT2D eigenvalue weighted by atomic mass is 9.87. The molecule has 1 saturated carbocycles. The Morgan fingerprint density at radius 2 is 1.61 bits per heavy atom. The summed E-state index contributed by atoms with van der Waals surface area (Å²) in [6, 6.07) is 11.8. The van der Waals surface area contributed by atoms with Gasteiger partial charge in [0.15, 0.2) is 0 Å². The van der Waals surface area contributed by atoms with Crippen molar-refractivity contribution in [2.45, 2.75) is 57.3 Å². The van der Waals surface area contributed by atoms with Gasteiger partial charge in [0.05, 0.1) is 14.2 Å². The third-order valence-electron chi connectivity index (χ3n) is 7.28. The third kappa shape index (κ3) is 9.49. The van der Waals surface area contributed by atoms with Gasteiger partial charge in [0, 0.05) is 43.4 Å². The Morgan fingerprint density at radius 1 is 0.951 bits per heavy atom. The smallest absolute Gasteiger partial charge is 0.371 e. The molecule has 0 aromatic heterocycles. The van der Waals surface area contributed by atoms with Gasteiger partial charge in [-0.25, -0.2) is 9.68 Å². The van der Waals surface area contributed by atoms with Gasteiger partial charge in [-0.15, -0.1) is 4.67 Å². The molecule has 0 amide bonds. The SMILES string of the molecule is COOC(=O)CN(Cc1cc(CCN)ccc1O)C1CCCCC1N(Cc1ccccc1O)CP(=O)(OC)OOC. The lowest BCUT2D eigenvalue weighted by Gasteiger charge is -2.45. The Balaban J connectivity index is 2.02. The van der Waals surface area contributed by atoms with Gasteiger partial charge in [0.1, 0.15) is 24.3 Å². The van der Waals surface area contributed by atoms with Crippen molar-refractivity contribution in [1.29, 1.82) is 0 Å². The zero-order valence-corrected chi connectivity index (χ0v) is 24.8. The molecule has 13 heteroatoms. The molecule has 41 heavy (non-hydrogen) atoms. The van der Waals surface area contributed by atoms with Crippen LogP contribution in [0, 0.1) is 0 Å². The highest BCUT2D eigenvalue weighted by Crippen LogP contribution is 2.49. The lowest BCUT2D eigenvalue weighted by molar-refractivity contribution is -0.256. The summed E-state index contributed by atoms with van der Waals surface area (Å²) in [4.78, 5) is 30.8. The minimum atomic E-state index is -3.72. The van der Waals surface area contributed by atoms with Gasteiger partial charge in [-0.3, -0.25) is 19.3 Å². The van der Waals surface area contributed by atoms with Crippen LogP contribution in [0.3, 0.4) is 0 Å². The van der Waals surface area contributed by atoms with Crippen LogP contribution in [0.2, 0.25) is 0 Å². The van der Waals surface area contributed by atoms with E-state index in [9.17, 15) is 19.6 Å². The summed E-state index contributed by atoms with van der Waals surface area (Å²) in [5, 5.41) is 21.3. The summed E-state index contributed by atoms with van der Waals surface area (Å²) in [5.74, 6) is -0.384. The predicted octanol–water partition coefficient (Wildman–Crippen LogP) is 3.69. The van der Waals surface area contributed by atoms with E-state index < -0.39 is 13.6 Å². The van der Waals surface area contributed by atoms with Gasteiger partial charge in [-0.05, 0) is 43.5 Å². The first-order valence-corrected chi connectivity index (χ1v) is 15.3. The molecule has 3 atom stereocenters. The fraction of sp³-hybridized carbons (Fsp3) is 0.536. The Kier molecular flexibility index (Phi) is 13.0. The molecular weight excluding hydrogens is 553 g/mol. The molecule has 12 nitrogen and oxygen atoms in total. The molecule has 4 N–H and O–H groups in total. The number of phenols is 2. The van der Waals surface area contributed by atoms with Gasteiger partial charge < -0.3 is 20.5 Å². The van der Waals surface area contributed by atoms with E-state index in [0.717, 1.165) is 18.4 Å². The minimum absolute atomic E-state index is 0.103. The molecule has 2 aromatic carbocycles. The maximum Gasteiger partial charge on any atom is 0.371 e. The molecule has 0 aliphatic heterocycles. The van der Waals surface area contributed by atoms with E-state index in [1.165, 1.54) is 21.3 Å². The number of benzene rings is 2. The van der Waals surface area contributed by atoms with Crippen LogP contribution in [0.5, 0.6) is 11.5 Å². The molecule has 0 heterocycles. The quantitative estimate of drug-likeness (QED) is 0.147. The third-order valence-corrected chi connectivity index (χ3v) is 8.92. The van der Waals surface area contributed by atoms with E-state index in [1.807, 2.05) is 28.0 Å². The summed E-state index contributed by atoms with van der Waals surface area (Å²) in [6.45, 7) is 0.826. The zero-order valence-electron chi connectivity index (χ0n) is 23.9. The molecule has 2 aromatic rings. The van der Waals surface area contributed by atoms with Crippen molar-refractivity contribution < 1.29 is 43.4 Å². The Hall–Kier alpha value is -2.54. The van der Waals surface area contributed by atoms with Gasteiger partial charge in [0.25, 0.3) is 0 Å². The van der Waals surface area contributed by atoms with E-state index >= 15 is 0 Å². The maximum atomic E-state index is 13.5. The van der Waals surface area contributed by atoms with Crippen LogP contribution in [0.15, 0.2) is 42.5 Å². The summed E-state index contributed by atoms with van der Waals surface area (Å²) in [5.41, 5.74) is 8.00. The first-order valence-electron chi connectivity index (χ1n) is 13.6. The van der Waals surface area contributed by atoms with E-state index in [-0.39, 0.29) is 49.5 Å². The summed E-state index contributed by atoms with van der Waals surface area (Å²) < 4.78 is 23.8. The van der Waals surface area contributed by atoms with Crippen LogP contribution < -0.4 is 5.73 Å². The maximum absolute atomic E-state index is 13.5. The van der Waals surface area contributed by atoms with Crippen LogP contribution in [-0.4, -0.2) is 78.8 Å². The first kappa shape index (κ1) is 33.0. The molecule has 228 valence electrons. The van der Waals surface area contributed by atoms with E-state index in [2.05, 4.69) is 4.89 Å². The van der Waals surface area contributed by atoms with Crippen LogP contribution in [0.25, 0.3) is 0 Å². The molecular formula is C28H42N3O9P. The number of para-hydroxylation sites is 1. The van der Waals surface area contributed by atoms with Gasteiger partial charge in [0.2, 0.25) is 0 Å². The standard InChI is InChI=1S/C28H42N3O9P/c1-36-39-28(34)19-30(18-23-16-21(14-15-29)12-13-27(23)33)24-9-5-6-10-25(24)31(20-41(35,38-3)40-37-2)17-22-8-4-7-11-26(22)32/h4,7-8,11-13,16,24-25,32-33H,5-6,9-10,14-15,17-20,29H2,1-3H3. The van der Waals surface area contributed by atoms with Crippen molar-refractivity contribution in [3.8, 4) is 11.5 Å². The number of hydrogen-bond donors (Lipinski definition) is 3. The lowest BCUT2D eigenvalue weighted by Crippen LogP contribution is -2.54. The molecule has 0 saturated heterocycles. The second-order valence-electron chi connectivity index (χ2n) is 10.00. The minimum Gasteiger partial charge on any atom is -0.508 e. The highest BCUT2D eigenvalue weighted by Gasteiger charge is 2.39. The van der Waals surface area contributed by atoms with E-state index in [0.29, 0.717) is 36.9 Å². The van der Waals surface area contributed by atoms with E-state index in [4.69, 9.17) is 24.7 Å². The zero-order chi connectivity index (χ0) is 29.8. The van der Waals surface area contributed by atoms with Crippen molar-refractivity contribution in [3.05, 3.63) is 59.2 Å². The van der Waals surface area contributed by atoms with Crippen LogP contribution >= 0.6 is 7.60 Å². The largest absolute Gasteiger partial charge is 0.508 e. The average molecular weight is 596 g/mol. The van der Waals surface area contributed by atoms with Crippen molar-refractivity contribution in [3.63, 3.8) is 0 Å². The Labute approximate surface area is 241 Å². The monoisotopic (exact) mass is 595 g/mol. The summed E-state index contributed by atoms with van der Waals surface area (Å²) >= 11 is 0. The van der Waals surface area contributed by atoms with Crippen molar-refractivity contribution in [2.24, 2.45) is 5.73 Å². The number of nitrogens with zero attached hydrogens (tertiary/aromatic N) is 2. The van der Waals surface area contributed by atoms with Crippen LogP contribution in [0.4, 0.5) is 0 Å². The fourth-order valence-electron chi connectivity index (χ4n) is 5.41. The molecule has 1 fully saturated rings. The molecule has 1 aliphatic rings. The number of carbonyl (C=O) groups excluding carboxylic acids is 1. The Morgan fingerprint density at radius 3 is 2.24 bits per heavy atom. The van der Waals surface area contributed by atoms with Crippen molar-refractivity contribution >= 4 is 13.6 Å². The van der Waals surface area contributed by atoms with E-state index in [1.54, 1.807) is 24.3 Å². The van der Waals surface area contributed by atoms with Gasteiger partial charge >= 0.3 is 13.6 Å². The first-order chi connectivity index (χ1) is 19.7. The van der Waals surface area contributed by atoms with Gasteiger partial charge in [-0.1, -0.05) is 43.2 Å². The second-order valence-corrected chi connectivity index (χ2v) is 12.0. The number of nitrogens with two attached hydrogens (primary N) is 1. The molecule has 1 aliphatic carbocycles. The molecule has 3 rings (SSSR count). The van der Waals surface area contributed by atoms with Crippen LogP contribution in [0.1, 0.15) is 42.4 Å². The molecule has 0 bridgehead atoms. The number of carbonyl (C=O) groups is 1. The number of aromatic hydroxyl groups is 2. The fourth-order valence-corrected chi connectivity index (χ4v) is 6.61.